The molecule has 1 atom stereocenters. The molecule has 1 aromatic heterocycles. The third-order valence-electron chi connectivity index (χ3n) is 10.3. The summed E-state index contributed by atoms with van der Waals surface area (Å²) in [5.74, 6) is 1.25. The maximum atomic E-state index is 6.12. The minimum absolute atomic E-state index is 0.0424. The van der Waals surface area contributed by atoms with Crippen molar-refractivity contribution in [3.8, 4) is 11.5 Å². The molecule has 0 fully saturated rings. The fourth-order valence-corrected chi connectivity index (χ4v) is 8.15. The van der Waals surface area contributed by atoms with E-state index in [1.807, 2.05) is 30.3 Å². The number of fused-ring (bicyclic) bond motifs is 6. The van der Waals surface area contributed by atoms with Crippen LogP contribution in [0.25, 0.3) is 22.6 Å². The van der Waals surface area contributed by atoms with Gasteiger partial charge in [-0.3, -0.25) is 0 Å². The van der Waals surface area contributed by atoms with Gasteiger partial charge in [-0.25, -0.2) is 0 Å². The smallest absolute Gasteiger partial charge is 0.247 e. The summed E-state index contributed by atoms with van der Waals surface area (Å²) in [6.07, 6.45) is 12.0. The van der Waals surface area contributed by atoms with E-state index in [4.69, 9.17) is 4.42 Å². The first-order chi connectivity index (χ1) is 24.2. The number of rotatable bonds is 5. The lowest BCUT2D eigenvalue weighted by Gasteiger charge is -2.45. The van der Waals surface area contributed by atoms with Gasteiger partial charge in [0.25, 0.3) is 0 Å². The van der Waals surface area contributed by atoms with Crippen LogP contribution in [0.3, 0.4) is 0 Å². The maximum Gasteiger partial charge on any atom is 0.247 e. The molecule has 0 amide bonds. The van der Waals surface area contributed by atoms with Gasteiger partial charge in [-0.2, -0.15) is 0 Å². The van der Waals surface area contributed by atoms with Crippen LogP contribution in [0.15, 0.2) is 168 Å². The monoisotopic (exact) mass is 633 g/mol. The van der Waals surface area contributed by atoms with E-state index in [-0.39, 0.29) is 5.92 Å². The normalized spacial score (nSPS) is 17.3. The lowest BCUT2D eigenvalue weighted by Crippen LogP contribution is -2.36. The highest BCUT2D eigenvalue weighted by atomic mass is 16.4. The summed E-state index contributed by atoms with van der Waals surface area (Å²) in [7, 11) is 0. The number of para-hydroxylation sites is 3. The quantitative estimate of drug-likeness (QED) is 0.189. The highest BCUT2D eigenvalue weighted by Crippen LogP contribution is 2.62. The fraction of sp³-hybridized carbons (Fsp3) is 0.111. The Kier molecular flexibility index (Phi) is 6.91. The van der Waals surface area contributed by atoms with E-state index in [0.29, 0.717) is 11.8 Å². The summed E-state index contributed by atoms with van der Waals surface area (Å²) in [5.41, 5.74) is 14.3. The summed E-state index contributed by atoms with van der Waals surface area (Å²) in [5, 5.41) is 8.74. The van der Waals surface area contributed by atoms with Crippen LogP contribution >= 0.6 is 0 Å². The Hall–Kier alpha value is -6.00. The van der Waals surface area contributed by atoms with Gasteiger partial charge in [0.2, 0.25) is 11.8 Å². The first kappa shape index (κ1) is 29.2. The Morgan fingerprint density at radius 3 is 2.08 bits per heavy atom. The van der Waals surface area contributed by atoms with E-state index in [1.54, 1.807) is 0 Å². The van der Waals surface area contributed by atoms with Crippen LogP contribution in [0.1, 0.15) is 59.9 Å². The topological polar surface area (TPSA) is 42.2 Å². The van der Waals surface area contributed by atoms with Crippen LogP contribution in [0, 0.1) is 0 Å². The van der Waals surface area contributed by atoms with Gasteiger partial charge in [-0.15, -0.1) is 10.2 Å². The molecule has 4 nitrogen and oxygen atoms in total. The van der Waals surface area contributed by atoms with E-state index < -0.39 is 5.41 Å². The van der Waals surface area contributed by atoms with Crippen molar-refractivity contribution < 1.29 is 4.42 Å². The Bertz CT molecular complexity index is 2290. The van der Waals surface area contributed by atoms with Crippen LogP contribution in [0.4, 0.5) is 17.1 Å². The standard InChI is InChI=1S/C45H35N3O/c1-3-14-36-30(2)45(38-19-10-12-21-41(38)48(35-17-8-5-9-18-35)42-22-13-11-20-39(42)45)40-29-34(27-28-37(36)40)31-23-25-33(26-24-31)44-47-46-43(49-44)32-15-6-4-7-16-32/h3-25,27-29,33H,26H2,1-2H3/b14-3-. The molecule has 2 aliphatic carbocycles. The molecule has 0 bridgehead atoms. The second kappa shape index (κ2) is 11.6. The van der Waals surface area contributed by atoms with E-state index in [2.05, 4.69) is 156 Å². The molecule has 49 heavy (non-hydrogen) atoms. The minimum Gasteiger partial charge on any atom is -0.420 e. The summed E-state index contributed by atoms with van der Waals surface area (Å²) in [4.78, 5) is 2.42. The zero-order valence-corrected chi connectivity index (χ0v) is 27.5. The molecule has 1 spiro atoms. The predicted molar refractivity (Wildman–Crippen MR) is 199 cm³/mol. The van der Waals surface area contributed by atoms with Crippen molar-refractivity contribution in [3.63, 3.8) is 0 Å². The number of aromatic nitrogens is 2. The maximum absolute atomic E-state index is 6.12. The number of allylic oxidation sites excluding steroid dienone is 8. The van der Waals surface area contributed by atoms with Gasteiger partial charge in [0.1, 0.15) is 0 Å². The van der Waals surface area contributed by atoms with Gasteiger partial charge in [-0.05, 0) is 107 Å². The summed E-state index contributed by atoms with van der Waals surface area (Å²) in [6.45, 7) is 4.44. The fourth-order valence-electron chi connectivity index (χ4n) is 8.15. The Morgan fingerprint density at radius 2 is 1.41 bits per heavy atom. The molecule has 5 aromatic carbocycles. The summed E-state index contributed by atoms with van der Waals surface area (Å²) in [6, 6.07) is 45.6. The number of hydrogen-bond donors (Lipinski definition) is 0. The highest BCUT2D eigenvalue weighted by molar-refractivity contribution is 5.97. The van der Waals surface area contributed by atoms with E-state index in [9.17, 15) is 0 Å². The first-order valence-corrected chi connectivity index (χ1v) is 17.0. The second-order valence-corrected chi connectivity index (χ2v) is 12.9. The van der Waals surface area contributed by atoms with Crippen molar-refractivity contribution in [1.82, 2.24) is 10.2 Å². The number of nitrogens with zero attached hydrogens (tertiary/aromatic N) is 3. The zero-order valence-electron chi connectivity index (χ0n) is 27.5. The first-order valence-electron chi connectivity index (χ1n) is 17.0. The van der Waals surface area contributed by atoms with Gasteiger partial charge < -0.3 is 9.32 Å². The molecular weight excluding hydrogens is 599 g/mol. The molecule has 4 heteroatoms. The van der Waals surface area contributed by atoms with E-state index in [1.165, 1.54) is 55.9 Å². The van der Waals surface area contributed by atoms with E-state index >= 15 is 0 Å². The van der Waals surface area contributed by atoms with Crippen molar-refractivity contribution in [2.75, 3.05) is 4.90 Å². The molecule has 6 aromatic rings. The second-order valence-electron chi connectivity index (χ2n) is 12.9. The van der Waals surface area contributed by atoms with Gasteiger partial charge in [0.05, 0.1) is 22.7 Å². The van der Waals surface area contributed by atoms with Crippen molar-refractivity contribution in [3.05, 3.63) is 197 Å². The molecule has 1 aliphatic heterocycles. The van der Waals surface area contributed by atoms with Crippen molar-refractivity contribution in [1.29, 1.82) is 0 Å². The molecular formula is C45H35N3O. The van der Waals surface area contributed by atoms with Crippen LogP contribution in [-0.2, 0) is 5.41 Å². The average molecular weight is 634 g/mol. The van der Waals surface area contributed by atoms with E-state index in [0.717, 1.165) is 17.7 Å². The van der Waals surface area contributed by atoms with Gasteiger partial charge in [-0.1, -0.05) is 115 Å². The van der Waals surface area contributed by atoms with Crippen molar-refractivity contribution >= 4 is 28.2 Å². The Balaban J connectivity index is 1.16. The van der Waals surface area contributed by atoms with Crippen molar-refractivity contribution in [2.45, 2.75) is 31.6 Å². The van der Waals surface area contributed by atoms with Gasteiger partial charge in [0, 0.05) is 11.3 Å². The highest BCUT2D eigenvalue weighted by Gasteiger charge is 2.51. The molecule has 0 N–H and O–H groups in total. The largest absolute Gasteiger partial charge is 0.420 e. The molecule has 1 unspecified atom stereocenters. The number of anilines is 3. The zero-order chi connectivity index (χ0) is 33.0. The molecule has 0 saturated carbocycles. The van der Waals surface area contributed by atoms with Crippen molar-refractivity contribution in [2.24, 2.45) is 0 Å². The van der Waals surface area contributed by atoms with Crippen LogP contribution in [0.2, 0.25) is 0 Å². The molecule has 3 aliphatic rings. The number of benzene rings is 5. The molecule has 0 saturated heterocycles. The average Bonchev–Trinajstić information content (AvgIpc) is 3.75. The predicted octanol–water partition coefficient (Wildman–Crippen LogP) is 11.3. The van der Waals surface area contributed by atoms with Crippen LogP contribution in [-0.4, -0.2) is 10.2 Å². The third kappa shape index (κ3) is 4.44. The SMILES string of the molecule is C/C=C\C1=C(C)C2(c3cc(C4=CCC(c5nnc(-c6ccccc6)o5)C=C4)ccc31)c1ccccc1N(c1ccccc1)c1ccccc12. The lowest BCUT2D eigenvalue weighted by molar-refractivity contribution is 0.484. The van der Waals surface area contributed by atoms with Gasteiger partial charge in [0.15, 0.2) is 0 Å². The van der Waals surface area contributed by atoms with Crippen LogP contribution in [0.5, 0.6) is 0 Å². The third-order valence-corrected chi connectivity index (χ3v) is 10.3. The Morgan fingerprint density at radius 1 is 0.735 bits per heavy atom. The molecule has 0 radical (unpaired) electrons. The number of hydrogen-bond acceptors (Lipinski definition) is 4. The molecule has 9 rings (SSSR count). The summed E-state index contributed by atoms with van der Waals surface area (Å²) < 4.78 is 6.12. The minimum atomic E-state index is -0.447. The molecule has 236 valence electrons. The molecule has 2 heterocycles. The van der Waals surface area contributed by atoms with Gasteiger partial charge >= 0.3 is 0 Å². The lowest BCUT2D eigenvalue weighted by atomic mass is 9.64. The Labute approximate surface area is 287 Å². The van der Waals surface area contributed by atoms with Crippen LogP contribution < -0.4 is 4.90 Å². The summed E-state index contributed by atoms with van der Waals surface area (Å²) >= 11 is 0.